The van der Waals surface area contributed by atoms with Gasteiger partial charge in [0.25, 0.3) is 5.91 Å². The van der Waals surface area contributed by atoms with Crippen LogP contribution in [0.5, 0.6) is 0 Å². The second-order valence-corrected chi connectivity index (χ2v) is 5.72. The quantitative estimate of drug-likeness (QED) is 0.702. The first-order valence-corrected chi connectivity index (χ1v) is 7.72. The summed E-state index contributed by atoms with van der Waals surface area (Å²) in [7, 11) is 1.77. The number of nitrogens with one attached hydrogen (secondary N) is 2. The normalized spacial score (nSPS) is 14.2. The lowest BCUT2D eigenvalue weighted by Crippen LogP contribution is -2.23. The molecule has 0 saturated carbocycles. The molecular weight excluding hydrogens is 286 g/mol. The molecule has 4 heteroatoms. The van der Waals surface area contributed by atoms with Crippen molar-refractivity contribution in [3.05, 3.63) is 59.2 Å². The number of aromatic amines is 1. The lowest BCUT2D eigenvalue weighted by molar-refractivity contribution is 0.0957. The fourth-order valence-corrected chi connectivity index (χ4v) is 3.28. The van der Waals surface area contributed by atoms with Crippen LogP contribution in [0, 0.1) is 0 Å². The van der Waals surface area contributed by atoms with Gasteiger partial charge in [0, 0.05) is 42.0 Å². The van der Waals surface area contributed by atoms with Crippen LogP contribution in [0.15, 0.2) is 47.5 Å². The Hall–Kier alpha value is -2.88. The molecule has 1 aliphatic heterocycles. The van der Waals surface area contributed by atoms with Crippen LogP contribution in [-0.4, -0.2) is 30.7 Å². The van der Waals surface area contributed by atoms with Crippen LogP contribution in [0.1, 0.15) is 21.5 Å². The van der Waals surface area contributed by atoms with Gasteiger partial charge in [-0.2, -0.15) is 0 Å². The summed E-state index contributed by atoms with van der Waals surface area (Å²) in [5.74, 6) is 0.00871. The number of hydrogen-bond donors (Lipinski definition) is 2. The summed E-state index contributed by atoms with van der Waals surface area (Å²) >= 11 is 0. The van der Waals surface area contributed by atoms with E-state index in [1.165, 1.54) is 5.56 Å². The maximum Gasteiger partial charge on any atom is 0.251 e. The molecule has 2 heterocycles. The van der Waals surface area contributed by atoms with E-state index in [-0.39, 0.29) is 5.91 Å². The van der Waals surface area contributed by atoms with E-state index in [2.05, 4.69) is 39.6 Å². The summed E-state index contributed by atoms with van der Waals surface area (Å²) in [5, 5.41) is 4.02. The maximum atomic E-state index is 12.2. The van der Waals surface area contributed by atoms with E-state index in [4.69, 9.17) is 0 Å². The standard InChI is InChI=1S/C19H17N3O/c1-20-11-12-5-7-13(8-6-12)18-14-9-10-21-19(23)15-3-2-4-16(22-18)17(14)15/h2-8,11,22H,9-10H2,1H3,(H,21,23). The zero-order valence-corrected chi connectivity index (χ0v) is 12.9. The second kappa shape index (κ2) is 5.39. The minimum Gasteiger partial charge on any atom is -0.354 e. The highest BCUT2D eigenvalue weighted by molar-refractivity contribution is 6.10. The largest absolute Gasteiger partial charge is 0.354 e. The third-order valence-corrected chi connectivity index (χ3v) is 4.31. The zero-order valence-electron chi connectivity index (χ0n) is 12.9. The first-order chi connectivity index (χ1) is 11.3. The molecule has 1 aromatic heterocycles. The Balaban J connectivity index is 1.92. The van der Waals surface area contributed by atoms with Crippen molar-refractivity contribution >= 4 is 23.0 Å². The average molecular weight is 303 g/mol. The summed E-state index contributed by atoms with van der Waals surface area (Å²) in [5.41, 5.74) is 6.30. The van der Waals surface area contributed by atoms with E-state index in [0.29, 0.717) is 6.54 Å². The van der Waals surface area contributed by atoms with Crippen LogP contribution in [0.2, 0.25) is 0 Å². The smallest absolute Gasteiger partial charge is 0.251 e. The van der Waals surface area contributed by atoms with Gasteiger partial charge in [-0.25, -0.2) is 0 Å². The highest BCUT2D eigenvalue weighted by Crippen LogP contribution is 2.34. The molecule has 3 aromatic rings. The molecule has 0 saturated heterocycles. The van der Waals surface area contributed by atoms with Gasteiger partial charge in [-0.3, -0.25) is 9.79 Å². The Kier molecular flexibility index (Phi) is 3.23. The molecule has 0 bridgehead atoms. The van der Waals surface area contributed by atoms with Crippen LogP contribution in [0.3, 0.4) is 0 Å². The van der Waals surface area contributed by atoms with Gasteiger partial charge in [0.2, 0.25) is 0 Å². The van der Waals surface area contributed by atoms with Crippen molar-refractivity contribution in [2.24, 2.45) is 4.99 Å². The maximum absolute atomic E-state index is 12.2. The van der Waals surface area contributed by atoms with E-state index in [0.717, 1.165) is 39.7 Å². The topological polar surface area (TPSA) is 57.2 Å². The zero-order chi connectivity index (χ0) is 15.8. The molecule has 23 heavy (non-hydrogen) atoms. The van der Waals surface area contributed by atoms with E-state index < -0.39 is 0 Å². The van der Waals surface area contributed by atoms with Crippen molar-refractivity contribution in [3.8, 4) is 11.3 Å². The lowest BCUT2D eigenvalue weighted by Gasteiger charge is -2.04. The molecule has 4 rings (SSSR count). The Morgan fingerprint density at radius 3 is 2.74 bits per heavy atom. The number of nitrogens with zero attached hydrogens (tertiary/aromatic N) is 1. The molecule has 0 atom stereocenters. The van der Waals surface area contributed by atoms with Crippen LogP contribution < -0.4 is 5.32 Å². The second-order valence-electron chi connectivity index (χ2n) is 5.72. The number of amides is 1. The van der Waals surface area contributed by atoms with Gasteiger partial charge >= 0.3 is 0 Å². The summed E-state index contributed by atoms with van der Waals surface area (Å²) in [6, 6.07) is 14.2. The lowest BCUT2D eigenvalue weighted by atomic mass is 10.00. The average Bonchev–Trinajstić information content (AvgIpc) is 2.85. The van der Waals surface area contributed by atoms with Crippen molar-refractivity contribution < 1.29 is 4.79 Å². The number of rotatable bonds is 2. The molecule has 0 radical (unpaired) electrons. The van der Waals surface area contributed by atoms with Gasteiger partial charge in [0.15, 0.2) is 0 Å². The number of carbonyl (C=O) groups excluding carboxylic acids is 1. The third kappa shape index (κ3) is 2.23. The molecule has 0 unspecified atom stereocenters. The predicted molar refractivity (Wildman–Crippen MR) is 93.3 cm³/mol. The number of H-pyrrole nitrogens is 1. The van der Waals surface area contributed by atoms with Crippen molar-refractivity contribution in [1.82, 2.24) is 10.3 Å². The SMILES string of the molecule is CN=Cc1ccc(-c2[nH]c3cccc4c3c2CCNC4=O)cc1. The highest BCUT2D eigenvalue weighted by Gasteiger charge is 2.21. The molecule has 1 aliphatic rings. The van der Waals surface area contributed by atoms with Crippen LogP contribution in [-0.2, 0) is 6.42 Å². The molecule has 2 aromatic carbocycles. The van der Waals surface area contributed by atoms with Crippen LogP contribution in [0.4, 0.5) is 0 Å². The van der Waals surface area contributed by atoms with Gasteiger partial charge in [0.05, 0.1) is 0 Å². The van der Waals surface area contributed by atoms with Gasteiger partial charge in [-0.15, -0.1) is 0 Å². The Bertz CT molecular complexity index is 920. The summed E-state index contributed by atoms with van der Waals surface area (Å²) in [4.78, 5) is 19.8. The minimum absolute atomic E-state index is 0.00871. The highest BCUT2D eigenvalue weighted by atomic mass is 16.1. The van der Waals surface area contributed by atoms with Crippen LogP contribution >= 0.6 is 0 Å². The molecule has 0 aliphatic carbocycles. The molecule has 4 nitrogen and oxygen atoms in total. The number of carbonyl (C=O) groups is 1. The van der Waals surface area contributed by atoms with Gasteiger partial charge in [0.1, 0.15) is 0 Å². The van der Waals surface area contributed by atoms with E-state index >= 15 is 0 Å². The Morgan fingerprint density at radius 1 is 1.13 bits per heavy atom. The minimum atomic E-state index is 0.00871. The van der Waals surface area contributed by atoms with E-state index in [1.54, 1.807) is 7.05 Å². The van der Waals surface area contributed by atoms with Gasteiger partial charge < -0.3 is 10.3 Å². The number of aromatic nitrogens is 1. The molecule has 114 valence electrons. The first kappa shape index (κ1) is 13.8. The van der Waals surface area contributed by atoms with Crippen molar-refractivity contribution in [1.29, 1.82) is 0 Å². The van der Waals surface area contributed by atoms with Crippen molar-refractivity contribution in [2.75, 3.05) is 13.6 Å². The van der Waals surface area contributed by atoms with Crippen molar-refractivity contribution in [2.45, 2.75) is 6.42 Å². The number of aliphatic imine (C=N–C) groups is 1. The van der Waals surface area contributed by atoms with Gasteiger partial charge in [-0.05, 0) is 35.2 Å². The van der Waals surface area contributed by atoms with E-state index in [9.17, 15) is 4.79 Å². The fraction of sp³-hybridized carbons (Fsp3) is 0.158. The summed E-state index contributed by atoms with van der Waals surface area (Å²) in [6.45, 7) is 0.661. The Morgan fingerprint density at radius 2 is 1.96 bits per heavy atom. The van der Waals surface area contributed by atoms with Gasteiger partial charge in [-0.1, -0.05) is 30.3 Å². The van der Waals surface area contributed by atoms with E-state index in [1.807, 2.05) is 24.4 Å². The number of benzene rings is 2. The predicted octanol–water partition coefficient (Wildman–Crippen LogP) is 3.17. The molecule has 2 N–H and O–H groups in total. The first-order valence-electron chi connectivity index (χ1n) is 7.72. The molecule has 1 amide bonds. The van der Waals surface area contributed by atoms with Crippen LogP contribution in [0.25, 0.3) is 22.2 Å². The molecular formula is C19H17N3O. The monoisotopic (exact) mass is 303 g/mol. The number of hydrogen-bond acceptors (Lipinski definition) is 2. The molecule has 0 fully saturated rings. The van der Waals surface area contributed by atoms with Crippen molar-refractivity contribution in [3.63, 3.8) is 0 Å². The fourth-order valence-electron chi connectivity index (χ4n) is 3.28. The summed E-state index contributed by atoms with van der Waals surface area (Å²) < 4.78 is 0. The third-order valence-electron chi connectivity index (χ3n) is 4.31. The molecule has 0 spiro atoms. The summed E-state index contributed by atoms with van der Waals surface area (Å²) in [6.07, 6.45) is 2.67. The Labute approximate surface area is 134 Å².